The van der Waals surface area contributed by atoms with Gasteiger partial charge < -0.3 is 4.74 Å². The molecule has 0 fully saturated rings. The van der Waals surface area contributed by atoms with E-state index in [1.165, 1.54) is 0 Å². The molecule has 0 radical (unpaired) electrons. The molecule has 2 aromatic rings. The quantitative estimate of drug-likeness (QED) is 0.889. The Morgan fingerprint density at radius 2 is 1.73 bits per heavy atom. The lowest BCUT2D eigenvalue weighted by Crippen LogP contribution is -2.27. The summed E-state index contributed by atoms with van der Waals surface area (Å²) >= 11 is 0. The molecule has 5 heteroatoms. The molecule has 4 nitrogen and oxygen atoms in total. The second-order valence-corrected chi connectivity index (χ2v) is 6.80. The topological polar surface area (TPSA) is 55.4 Å². The zero-order chi connectivity index (χ0) is 16.2. The van der Waals surface area contributed by atoms with Crippen molar-refractivity contribution in [2.24, 2.45) is 0 Å². The van der Waals surface area contributed by atoms with E-state index in [4.69, 9.17) is 4.74 Å². The van der Waals surface area contributed by atoms with Gasteiger partial charge in [0.1, 0.15) is 5.75 Å². The van der Waals surface area contributed by atoms with Crippen molar-refractivity contribution >= 4 is 10.0 Å². The monoisotopic (exact) mass is 319 g/mol. The smallest absolute Gasteiger partial charge is 0.241 e. The van der Waals surface area contributed by atoms with E-state index in [0.717, 1.165) is 17.5 Å². The number of methoxy groups -OCH3 is 1. The average Bonchev–Trinajstić information content (AvgIpc) is 2.54. The zero-order valence-corrected chi connectivity index (χ0v) is 13.9. The summed E-state index contributed by atoms with van der Waals surface area (Å²) in [4.78, 5) is 0.270. The number of hydrogen-bond acceptors (Lipinski definition) is 3. The first-order valence-corrected chi connectivity index (χ1v) is 8.70. The van der Waals surface area contributed by atoms with E-state index in [9.17, 15) is 8.42 Å². The first-order valence-electron chi connectivity index (χ1n) is 7.22. The van der Waals surface area contributed by atoms with Gasteiger partial charge in [-0.25, -0.2) is 13.1 Å². The molecule has 0 saturated carbocycles. The third-order valence-corrected chi connectivity index (χ3v) is 5.14. The molecule has 2 aromatic carbocycles. The maximum absolute atomic E-state index is 12.5. The highest BCUT2D eigenvalue weighted by Gasteiger charge is 2.20. The maximum atomic E-state index is 12.5. The number of hydrogen-bond donors (Lipinski definition) is 1. The molecule has 1 unspecified atom stereocenters. The van der Waals surface area contributed by atoms with Gasteiger partial charge in [0, 0.05) is 11.6 Å². The number of ether oxygens (including phenoxy) is 1. The lowest BCUT2D eigenvalue weighted by Gasteiger charge is -2.17. The summed E-state index contributed by atoms with van der Waals surface area (Å²) in [5, 5.41) is 0. The van der Waals surface area contributed by atoms with Crippen molar-refractivity contribution < 1.29 is 13.2 Å². The number of para-hydroxylation sites is 1. The third kappa shape index (κ3) is 3.67. The first-order chi connectivity index (χ1) is 10.5. The predicted molar refractivity (Wildman–Crippen MR) is 87.6 cm³/mol. The van der Waals surface area contributed by atoms with Crippen LogP contribution < -0.4 is 9.46 Å². The summed E-state index contributed by atoms with van der Waals surface area (Å²) in [7, 11) is -1.99. The lowest BCUT2D eigenvalue weighted by atomic mass is 10.1. The Balaban J connectivity index is 2.23. The van der Waals surface area contributed by atoms with Gasteiger partial charge in [0.2, 0.25) is 10.0 Å². The van der Waals surface area contributed by atoms with E-state index < -0.39 is 10.0 Å². The van der Waals surface area contributed by atoms with Crippen LogP contribution in [-0.4, -0.2) is 15.5 Å². The van der Waals surface area contributed by atoms with Gasteiger partial charge in [-0.2, -0.15) is 0 Å². The van der Waals surface area contributed by atoms with Crippen molar-refractivity contribution in [3.8, 4) is 5.75 Å². The normalized spacial score (nSPS) is 12.9. The van der Waals surface area contributed by atoms with Crippen LogP contribution >= 0.6 is 0 Å². The fraction of sp³-hybridized carbons (Fsp3) is 0.294. The summed E-state index contributed by atoms with van der Waals surface area (Å²) in [6.07, 6.45) is 0.880. The van der Waals surface area contributed by atoms with E-state index in [2.05, 4.69) is 4.72 Å². The molecule has 2 rings (SSSR count). The van der Waals surface area contributed by atoms with Crippen LogP contribution in [-0.2, 0) is 16.4 Å². The molecule has 118 valence electrons. The molecule has 0 saturated heterocycles. The molecule has 0 bridgehead atoms. The molecule has 0 amide bonds. The van der Waals surface area contributed by atoms with Gasteiger partial charge in [-0.1, -0.05) is 37.3 Å². The second-order valence-electron chi connectivity index (χ2n) is 5.08. The Morgan fingerprint density at radius 1 is 1.09 bits per heavy atom. The molecule has 0 aliphatic heterocycles. The number of rotatable bonds is 6. The van der Waals surface area contributed by atoms with Crippen molar-refractivity contribution in [3.63, 3.8) is 0 Å². The Kier molecular flexibility index (Phi) is 5.21. The molecule has 1 atom stereocenters. The van der Waals surface area contributed by atoms with Gasteiger partial charge in [-0.15, -0.1) is 0 Å². The Morgan fingerprint density at radius 3 is 2.32 bits per heavy atom. The van der Waals surface area contributed by atoms with Gasteiger partial charge in [0.25, 0.3) is 0 Å². The molecule has 1 N–H and O–H groups in total. The highest BCUT2D eigenvalue weighted by Crippen LogP contribution is 2.25. The van der Waals surface area contributed by atoms with Crippen LogP contribution in [0.3, 0.4) is 0 Å². The van der Waals surface area contributed by atoms with Gasteiger partial charge in [0.15, 0.2) is 0 Å². The van der Waals surface area contributed by atoms with Crippen LogP contribution in [0.5, 0.6) is 5.75 Å². The summed E-state index contributed by atoms with van der Waals surface area (Å²) in [6.45, 7) is 3.83. The fourth-order valence-electron chi connectivity index (χ4n) is 2.29. The van der Waals surface area contributed by atoms with E-state index in [-0.39, 0.29) is 10.9 Å². The highest BCUT2D eigenvalue weighted by molar-refractivity contribution is 7.89. The molecule has 0 aliphatic rings. The molecule has 0 aliphatic carbocycles. The first kappa shape index (κ1) is 16.5. The molecule has 22 heavy (non-hydrogen) atoms. The highest BCUT2D eigenvalue weighted by atomic mass is 32.2. The number of aryl methyl sites for hydroxylation is 1. The summed E-state index contributed by atoms with van der Waals surface area (Å²) < 4.78 is 32.9. The minimum absolute atomic E-state index is 0.270. The predicted octanol–water partition coefficient (Wildman–Crippen LogP) is 3.30. The van der Waals surface area contributed by atoms with Crippen molar-refractivity contribution in [1.82, 2.24) is 4.72 Å². The lowest BCUT2D eigenvalue weighted by molar-refractivity contribution is 0.405. The SMILES string of the molecule is CCc1ccc(S(=O)(=O)NC(C)c2ccccc2OC)cc1. The summed E-state index contributed by atoms with van der Waals surface area (Å²) in [6, 6.07) is 13.9. The van der Waals surface area contributed by atoms with Crippen molar-refractivity contribution in [2.75, 3.05) is 7.11 Å². The van der Waals surface area contributed by atoms with Crippen LogP contribution in [0.15, 0.2) is 53.4 Å². The number of benzene rings is 2. The Bertz CT molecular complexity index is 724. The van der Waals surface area contributed by atoms with E-state index in [1.54, 1.807) is 26.2 Å². The van der Waals surface area contributed by atoms with Crippen LogP contribution in [0.25, 0.3) is 0 Å². The maximum Gasteiger partial charge on any atom is 0.241 e. The summed E-state index contributed by atoms with van der Waals surface area (Å²) in [5.74, 6) is 0.666. The van der Waals surface area contributed by atoms with E-state index >= 15 is 0 Å². The minimum Gasteiger partial charge on any atom is -0.496 e. The van der Waals surface area contributed by atoms with Crippen molar-refractivity contribution in [2.45, 2.75) is 31.2 Å². The van der Waals surface area contributed by atoms with Crippen LogP contribution in [0.4, 0.5) is 0 Å². The minimum atomic E-state index is -3.56. The van der Waals surface area contributed by atoms with Gasteiger partial charge in [-0.3, -0.25) is 0 Å². The van der Waals surface area contributed by atoms with Crippen LogP contribution in [0.2, 0.25) is 0 Å². The fourth-order valence-corrected chi connectivity index (χ4v) is 3.52. The van der Waals surface area contributed by atoms with Crippen LogP contribution in [0.1, 0.15) is 31.0 Å². The number of nitrogens with one attached hydrogen (secondary N) is 1. The molecule has 0 aromatic heterocycles. The van der Waals surface area contributed by atoms with Gasteiger partial charge in [-0.05, 0) is 37.1 Å². The van der Waals surface area contributed by atoms with Crippen LogP contribution in [0, 0.1) is 0 Å². The van der Waals surface area contributed by atoms with Crippen molar-refractivity contribution in [3.05, 3.63) is 59.7 Å². The zero-order valence-electron chi connectivity index (χ0n) is 13.0. The largest absolute Gasteiger partial charge is 0.496 e. The molecular weight excluding hydrogens is 298 g/mol. The molecule has 0 heterocycles. The third-order valence-electron chi connectivity index (χ3n) is 3.58. The van der Waals surface area contributed by atoms with Gasteiger partial charge >= 0.3 is 0 Å². The number of sulfonamides is 1. The van der Waals surface area contributed by atoms with Gasteiger partial charge in [0.05, 0.1) is 12.0 Å². The average molecular weight is 319 g/mol. The molecular formula is C17H21NO3S. The van der Waals surface area contributed by atoms with Crippen molar-refractivity contribution in [1.29, 1.82) is 0 Å². The second kappa shape index (κ2) is 6.94. The standard InChI is InChI=1S/C17H21NO3S/c1-4-14-9-11-15(12-10-14)22(19,20)18-13(2)16-7-5-6-8-17(16)21-3/h5-13,18H,4H2,1-3H3. The van der Waals surface area contributed by atoms with E-state index in [1.807, 2.05) is 43.3 Å². The Labute approximate surface area is 132 Å². The van der Waals surface area contributed by atoms with E-state index in [0.29, 0.717) is 5.75 Å². The summed E-state index contributed by atoms with van der Waals surface area (Å²) in [5.41, 5.74) is 1.91. The molecule has 0 spiro atoms. The Hall–Kier alpha value is -1.85.